The first-order valence-electron chi connectivity index (χ1n) is 12.0. The molecule has 3 aromatic carbocycles. The van der Waals surface area contributed by atoms with Crippen molar-refractivity contribution in [3.05, 3.63) is 71.2 Å². The summed E-state index contributed by atoms with van der Waals surface area (Å²) in [6, 6.07) is 15.9. The fraction of sp³-hybridized carbons (Fsp3) is 0.259. The van der Waals surface area contributed by atoms with E-state index in [-0.39, 0.29) is 16.5 Å². The van der Waals surface area contributed by atoms with Gasteiger partial charge in [0.25, 0.3) is 15.9 Å². The molecule has 0 radical (unpaired) electrons. The van der Waals surface area contributed by atoms with E-state index in [2.05, 4.69) is 4.72 Å². The lowest BCUT2D eigenvalue weighted by Crippen LogP contribution is -2.33. The minimum Gasteiger partial charge on any atom is -0.497 e. The third-order valence-corrected chi connectivity index (χ3v) is 8.80. The molecule has 0 saturated carbocycles. The molecule has 39 heavy (non-hydrogen) atoms. The van der Waals surface area contributed by atoms with Crippen molar-refractivity contribution in [1.29, 1.82) is 0 Å². The van der Waals surface area contributed by atoms with Crippen LogP contribution in [0.15, 0.2) is 65.6 Å². The van der Waals surface area contributed by atoms with Gasteiger partial charge in [-0.2, -0.15) is 0 Å². The second-order valence-electron chi connectivity index (χ2n) is 8.90. The summed E-state index contributed by atoms with van der Waals surface area (Å²) in [5.41, 5.74) is 1.16. The molecular formula is C27H29ClN4O5S2. The number of carbonyl (C=O) groups is 1. The van der Waals surface area contributed by atoms with Gasteiger partial charge in [0.15, 0.2) is 5.13 Å². The fourth-order valence-electron chi connectivity index (χ4n) is 3.89. The van der Waals surface area contributed by atoms with Gasteiger partial charge in [-0.25, -0.2) is 13.4 Å². The normalized spacial score (nSPS) is 11.5. The van der Waals surface area contributed by atoms with Gasteiger partial charge >= 0.3 is 0 Å². The molecular weight excluding hydrogens is 560 g/mol. The van der Waals surface area contributed by atoms with Crippen LogP contribution in [0.2, 0.25) is 5.02 Å². The number of carbonyl (C=O) groups excluding carboxylic acids is 1. The number of thiazole rings is 1. The molecule has 0 aliphatic heterocycles. The molecule has 0 spiro atoms. The topological polar surface area (TPSA) is 101 Å². The van der Waals surface area contributed by atoms with Crippen LogP contribution in [0, 0.1) is 0 Å². The van der Waals surface area contributed by atoms with Crippen LogP contribution >= 0.6 is 22.9 Å². The van der Waals surface area contributed by atoms with Crippen molar-refractivity contribution in [3.63, 3.8) is 0 Å². The largest absolute Gasteiger partial charge is 0.497 e. The highest BCUT2D eigenvalue weighted by Gasteiger charge is 2.24. The molecule has 0 atom stereocenters. The highest BCUT2D eigenvalue weighted by Crippen LogP contribution is 2.39. The third kappa shape index (κ3) is 6.62. The Kier molecular flexibility index (Phi) is 8.96. The number of hydrogen-bond donors (Lipinski definition) is 1. The predicted molar refractivity (Wildman–Crippen MR) is 156 cm³/mol. The second kappa shape index (κ2) is 12.2. The zero-order valence-corrected chi connectivity index (χ0v) is 24.4. The summed E-state index contributed by atoms with van der Waals surface area (Å²) in [5, 5.41) is 0.995. The van der Waals surface area contributed by atoms with Gasteiger partial charge in [0.1, 0.15) is 17.0 Å². The number of methoxy groups -OCH3 is 2. The van der Waals surface area contributed by atoms with Crippen molar-refractivity contribution in [2.45, 2.75) is 11.3 Å². The van der Waals surface area contributed by atoms with Crippen molar-refractivity contribution in [1.82, 2.24) is 9.88 Å². The Bertz CT molecular complexity index is 1570. The summed E-state index contributed by atoms with van der Waals surface area (Å²) in [6.45, 7) is 1.17. The van der Waals surface area contributed by atoms with E-state index in [0.29, 0.717) is 45.7 Å². The van der Waals surface area contributed by atoms with E-state index in [1.165, 1.54) is 36.6 Å². The summed E-state index contributed by atoms with van der Waals surface area (Å²) in [4.78, 5) is 22.2. The van der Waals surface area contributed by atoms with Gasteiger partial charge in [-0.1, -0.05) is 29.0 Å². The Hall–Kier alpha value is -3.38. The standard InChI is InChI=1S/C27H29ClN4O5S2/c1-31(2)15-6-16-32(27-29-24-23(37-4)14-13-22(28)25(24)38-27)26(33)18-7-5-8-19(17-18)30-39(34,35)21-11-9-20(36-3)10-12-21/h5,7-14,17,30H,6,15-16H2,1-4H3. The SMILES string of the molecule is COc1ccc(S(=O)(=O)Nc2cccc(C(=O)N(CCCN(C)C)c3nc4c(OC)ccc(Cl)c4s3)c2)cc1. The number of aromatic nitrogens is 1. The van der Waals surface area contributed by atoms with E-state index in [4.69, 9.17) is 26.1 Å². The third-order valence-electron chi connectivity index (χ3n) is 5.86. The van der Waals surface area contributed by atoms with Crippen LogP contribution in [0.3, 0.4) is 0 Å². The van der Waals surface area contributed by atoms with Crippen molar-refractivity contribution < 1.29 is 22.7 Å². The number of nitrogens with one attached hydrogen (secondary N) is 1. The zero-order valence-electron chi connectivity index (χ0n) is 22.0. The lowest BCUT2D eigenvalue weighted by Gasteiger charge is -2.21. The average molecular weight is 589 g/mol. The zero-order chi connectivity index (χ0) is 28.2. The van der Waals surface area contributed by atoms with Crippen LogP contribution < -0.4 is 19.1 Å². The van der Waals surface area contributed by atoms with Gasteiger partial charge in [0.05, 0.1) is 28.8 Å². The maximum absolute atomic E-state index is 13.8. The summed E-state index contributed by atoms with van der Waals surface area (Å²) in [5.74, 6) is 0.797. The molecule has 0 saturated heterocycles. The smallest absolute Gasteiger partial charge is 0.261 e. The molecule has 0 aliphatic carbocycles. The number of sulfonamides is 1. The number of fused-ring (bicyclic) bond motifs is 1. The number of ether oxygens (including phenoxy) is 2. The van der Waals surface area contributed by atoms with Gasteiger partial charge in [-0.05, 0) is 81.7 Å². The second-order valence-corrected chi connectivity index (χ2v) is 12.0. The van der Waals surface area contributed by atoms with Crippen LogP contribution in [0.4, 0.5) is 10.8 Å². The van der Waals surface area contributed by atoms with Crippen LogP contribution in [0.25, 0.3) is 10.2 Å². The van der Waals surface area contributed by atoms with Crippen LogP contribution in [0.5, 0.6) is 11.5 Å². The van der Waals surface area contributed by atoms with Gasteiger partial charge < -0.3 is 14.4 Å². The summed E-state index contributed by atoms with van der Waals surface area (Å²) < 4.78 is 39.7. The van der Waals surface area contributed by atoms with Crippen molar-refractivity contribution >= 4 is 59.9 Å². The van der Waals surface area contributed by atoms with Gasteiger partial charge in [-0.3, -0.25) is 14.4 Å². The molecule has 206 valence electrons. The van der Waals surface area contributed by atoms with E-state index < -0.39 is 10.0 Å². The Morgan fingerprint density at radius 3 is 2.44 bits per heavy atom. The van der Waals surface area contributed by atoms with Gasteiger partial charge in [-0.15, -0.1) is 0 Å². The minimum absolute atomic E-state index is 0.0747. The number of amides is 1. The number of benzene rings is 3. The number of halogens is 1. The molecule has 1 N–H and O–H groups in total. The van der Waals surface area contributed by atoms with E-state index in [0.717, 1.165) is 11.2 Å². The molecule has 1 aromatic heterocycles. The molecule has 1 amide bonds. The Morgan fingerprint density at radius 1 is 1.03 bits per heavy atom. The van der Waals surface area contributed by atoms with Gasteiger partial charge in [0, 0.05) is 17.8 Å². The molecule has 1 heterocycles. The number of nitrogens with zero attached hydrogens (tertiary/aromatic N) is 3. The predicted octanol–water partition coefficient (Wildman–Crippen LogP) is 5.37. The molecule has 0 unspecified atom stereocenters. The van der Waals surface area contributed by atoms with Gasteiger partial charge in [0.2, 0.25) is 0 Å². The Labute approximate surface area is 237 Å². The quantitative estimate of drug-likeness (QED) is 0.251. The molecule has 4 aromatic rings. The number of anilines is 2. The molecule has 12 heteroatoms. The monoisotopic (exact) mass is 588 g/mol. The summed E-state index contributed by atoms with van der Waals surface area (Å²) in [6.07, 6.45) is 0.698. The van der Waals surface area contributed by atoms with Crippen molar-refractivity contribution in [3.8, 4) is 11.5 Å². The Morgan fingerprint density at radius 2 is 1.77 bits per heavy atom. The van der Waals surface area contributed by atoms with Crippen molar-refractivity contribution in [2.75, 3.05) is 51.0 Å². The molecule has 0 bridgehead atoms. The first-order chi connectivity index (χ1) is 18.6. The first kappa shape index (κ1) is 28.6. The minimum atomic E-state index is -3.88. The van der Waals surface area contributed by atoms with Crippen LogP contribution in [-0.4, -0.2) is 65.6 Å². The summed E-state index contributed by atoms with van der Waals surface area (Å²) >= 11 is 7.73. The average Bonchev–Trinajstić information content (AvgIpc) is 3.37. The lowest BCUT2D eigenvalue weighted by atomic mass is 10.1. The van der Waals surface area contributed by atoms with Crippen LogP contribution in [-0.2, 0) is 10.0 Å². The van der Waals surface area contributed by atoms with Crippen LogP contribution in [0.1, 0.15) is 16.8 Å². The Balaban J connectivity index is 1.65. The highest BCUT2D eigenvalue weighted by atomic mass is 35.5. The van der Waals surface area contributed by atoms with E-state index >= 15 is 0 Å². The van der Waals surface area contributed by atoms with Crippen molar-refractivity contribution in [2.24, 2.45) is 0 Å². The first-order valence-corrected chi connectivity index (χ1v) is 14.7. The number of hydrogen-bond acceptors (Lipinski definition) is 8. The summed E-state index contributed by atoms with van der Waals surface area (Å²) in [7, 11) is 3.11. The molecule has 9 nitrogen and oxygen atoms in total. The number of rotatable bonds is 11. The fourth-order valence-corrected chi connectivity index (χ4v) is 6.22. The van der Waals surface area contributed by atoms with E-state index in [9.17, 15) is 13.2 Å². The maximum Gasteiger partial charge on any atom is 0.261 e. The molecule has 0 aliphatic rings. The maximum atomic E-state index is 13.8. The molecule has 4 rings (SSSR count). The van der Waals surface area contributed by atoms with E-state index in [1.54, 1.807) is 54.5 Å². The van der Waals surface area contributed by atoms with E-state index in [1.807, 2.05) is 19.0 Å². The lowest BCUT2D eigenvalue weighted by molar-refractivity contribution is 0.0986. The highest BCUT2D eigenvalue weighted by molar-refractivity contribution is 7.92. The molecule has 0 fully saturated rings.